The lowest BCUT2D eigenvalue weighted by Gasteiger charge is -2.25. The fourth-order valence-electron chi connectivity index (χ4n) is 1.04. The number of aromatic nitrogens is 2. The smallest absolute Gasteiger partial charge is 0.328 e. The summed E-state index contributed by atoms with van der Waals surface area (Å²) in [5.74, 6) is 0. The molecule has 4 nitrogen and oxygen atoms in total. The van der Waals surface area contributed by atoms with Gasteiger partial charge in [-0.3, -0.25) is 4.57 Å². The first-order valence-corrected chi connectivity index (χ1v) is 4.23. The second-order valence-corrected chi connectivity index (χ2v) is 3.80. The zero-order chi connectivity index (χ0) is 10.1. The highest BCUT2D eigenvalue weighted by molar-refractivity contribution is 5.02. The molecule has 0 aliphatic rings. The van der Waals surface area contributed by atoms with Gasteiger partial charge in [-0.2, -0.15) is 0 Å². The highest BCUT2D eigenvalue weighted by Gasteiger charge is 2.19. The normalized spacial score (nSPS) is 11.7. The lowest BCUT2D eigenvalue weighted by atomic mass is 10.1. The van der Waals surface area contributed by atoms with E-state index in [-0.39, 0.29) is 11.2 Å². The molecule has 0 bridgehead atoms. The van der Waals surface area contributed by atoms with Crippen molar-refractivity contribution in [2.75, 3.05) is 6.54 Å². The predicted octanol–water partition coefficient (Wildman–Crippen LogP) is 0.246. The van der Waals surface area contributed by atoms with Gasteiger partial charge in [0.15, 0.2) is 0 Å². The number of hydrogen-bond donors (Lipinski definition) is 1. The van der Waals surface area contributed by atoms with Crippen LogP contribution in [0.15, 0.2) is 17.2 Å². The molecule has 1 heterocycles. The number of rotatable bonds is 2. The van der Waals surface area contributed by atoms with Crippen molar-refractivity contribution in [1.82, 2.24) is 9.55 Å². The highest BCUT2D eigenvalue weighted by Crippen LogP contribution is 2.09. The monoisotopic (exact) mass is 181 g/mol. The first-order chi connectivity index (χ1) is 5.97. The third-order valence-corrected chi connectivity index (χ3v) is 2.07. The van der Waals surface area contributed by atoms with Crippen LogP contribution >= 0.6 is 0 Å². The van der Waals surface area contributed by atoms with Crippen LogP contribution in [0.3, 0.4) is 0 Å². The van der Waals surface area contributed by atoms with Gasteiger partial charge in [0.05, 0.1) is 5.54 Å². The van der Waals surface area contributed by atoms with Crippen LogP contribution in [0.5, 0.6) is 0 Å². The van der Waals surface area contributed by atoms with Gasteiger partial charge in [0.2, 0.25) is 0 Å². The maximum absolute atomic E-state index is 11.4. The van der Waals surface area contributed by atoms with E-state index in [1.807, 2.05) is 20.8 Å². The average molecular weight is 181 g/mol. The minimum atomic E-state index is -0.365. The van der Waals surface area contributed by atoms with Crippen molar-refractivity contribution in [3.63, 3.8) is 0 Å². The van der Waals surface area contributed by atoms with E-state index in [4.69, 9.17) is 5.73 Å². The van der Waals surface area contributed by atoms with Crippen molar-refractivity contribution in [1.29, 1.82) is 0 Å². The lowest BCUT2D eigenvalue weighted by molar-refractivity contribution is 0.349. The average Bonchev–Trinajstić information content (AvgIpc) is 2.09. The van der Waals surface area contributed by atoms with E-state index in [1.165, 1.54) is 0 Å². The van der Waals surface area contributed by atoms with E-state index in [0.29, 0.717) is 6.54 Å². The van der Waals surface area contributed by atoms with Gasteiger partial charge < -0.3 is 5.73 Å². The summed E-state index contributed by atoms with van der Waals surface area (Å²) < 4.78 is 1.57. The topological polar surface area (TPSA) is 60.9 Å². The molecule has 0 unspecified atom stereocenters. The van der Waals surface area contributed by atoms with E-state index < -0.39 is 0 Å². The van der Waals surface area contributed by atoms with Crippen LogP contribution in [0, 0.1) is 6.92 Å². The Hall–Kier alpha value is -1.16. The maximum Gasteiger partial charge on any atom is 0.348 e. The fraction of sp³-hybridized carbons (Fsp3) is 0.556. The molecule has 72 valence electrons. The third-order valence-electron chi connectivity index (χ3n) is 2.07. The summed E-state index contributed by atoms with van der Waals surface area (Å²) >= 11 is 0. The quantitative estimate of drug-likeness (QED) is 0.711. The van der Waals surface area contributed by atoms with Gasteiger partial charge >= 0.3 is 5.69 Å². The first kappa shape index (κ1) is 9.92. The molecule has 1 aromatic heterocycles. The molecule has 2 N–H and O–H groups in total. The standard InChI is InChI=1S/C9H15N3O/c1-7-4-11-8(13)12(5-7)9(2,3)6-10/h4-5H,6,10H2,1-3H3. The van der Waals surface area contributed by atoms with E-state index in [0.717, 1.165) is 5.56 Å². The third kappa shape index (κ3) is 1.95. The van der Waals surface area contributed by atoms with Gasteiger partial charge in [-0.05, 0) is 26.3 Å². The molecule has 4 heteroatoms. The van der Waals surface area contributed by atoms with E-state index in [1.54, 1.807) is 17.0 Å². The molecule has 0 aliphatic carbocycles. The summed E-state index contributed by atoms with van der Waals surface area (Å²) in [5.41, 5.74) is 5.92. The second-order valence-electron chi connectivity index (χ2n) is 3.80. The first-order valence-electron chi connectivity index (χ1n) is 4.23. The van der Waals surface area contributed by atoms with Gasteiger partial charge in [0.25, 0.3) is 0 Å². The van der Waals surface area contributed by atoms with Gasteiger partial charge in [0.1, 0.15) is 0 Å². The summed E-state index contributed by atoms with van der Waals surface area (Å²) in [4.78, 5) is 15.1. The van der Waals surface area contributed by atoms with Crippen LogP contribution < -0.4 is 11.4 Å². The molecular formula is C9H15N3O. The zero-order valence-electron chi connectivity index (χ0n) is 8.24. The Labute approximate surface area is 77.4 Å². The van der Waals surface area contributed by atoms with Crippen LogP contribution in [0.1, 0.15) is 19.4 Å². The number of hydrogen-bond acceptors (Lipinski definition) is 3. The van der Waals surface area contributed by atoms with Gasteiger partial charge in [-0.15, -0.1) is 0 Å². The lowest BCUT2D eigenvalue weighted by Crippen LogP contribution is -2.42. The second kappa shape index (κ2) is 3.30. The Morgan fingerprint density at radius 1 is 1.62 bits per heavy atom. The molecule has 0 spiro atoms. The van der Waals surface area contributed by atoms with Crippen LogP contribution in [0.4, 0.5) is 0 Å². The zero-order valence-corrected chi connectivity index (χ0v) is 8.24. The minimum Gasteiger partial charge on any atom is -0.328 e. The molecule has 1 rings (SSSR count). The van der Waals surface area contributed by atoms with Crippen LogP contribution in [-0.4, -0.2) is 16.1 Å². The Morgan fingerprint density at radius 3 is 2.77 bits per heavy atom. The molecule has 13 heavy (non-hydrogen) atoms. The number of aryl methyl sites for hydroxylation is 1. The van der Waals surface area contributed by atoms with Gasteiger partial charge in [-0.1, -0.05) is 0 Å². The summed E-state index contributed by atoms with van der Waals surface area (Å²) in [5, 5.41) is 0. The predicted molar refractivity (Wildman–Crippen MR) is 51.6 cm³/mol. The summed E-state index contributed by atoms with van der Waals surface area (Å²) in [6.45, 7) is 6.14. The Bertz CT molecular complexity index is 354. The van der Waals surface area contributed by atoms with Crippen molar-refractivity contribution < 1.29 is 0 Å². The Kier molecular flexibility index (Phi) is 2.52. The number of nitrogens with two attached hydrogens (primary N) is 1. The van der Waals surface area contributed by atoms with Crippen LogP contribution in [0.2, 0.25) is 0 Å². The van der Waals surface area contributed by atoms with E-state index >= 15 is 0 Å². The minimum absolute atomic E-state index is 0.249. The molecule has 0 amide bonds. The van der Waals surface area contributed by atoms with Crippen molar-refractivity contribution in [2.45, 2.75) is 26.3 Å². The Balaban J connectivity index is 3.29. The molecule has 0 radical (unpaired) electrons. The molecular weight excluding hydrogens is 166 g/mol. The summed E-state index contributed by atoms with van der Waals surface area (Å²) in [6, 6.07) is 0. The summed E-state index contributed by atoms with van der Waals surface area (Å²) in [6.07, 6.45) is 3.34. The van der Waals surface area contributed by atoms with Gasteiger partial charge in [-0.25, -0.2) is 9.78 Å². The molecule has 0 saturated heterocycles. The number of nitrogens with zero attached hydrogens (tertiary/aromatic N) is 2. The Morgan fingerprint density at radius 2 is 2.23 bits per heavy atom. The molecule has 0 aliphatic heterocycles. The molecule has 0 saturated carbocycles. The van der Waals surface area contributed by atoms with Crippen molar-refractivity contribution in [3.05, 3.63) is 28.4 Å². The van der Waals surface area contributed by atoms with Gasteiger partial charge in [0, 0.05) is 18.9 Å². The van der Waals surface area contributed by atoms with Crippen LogP contribution in [0.25, 0.3) is 0 Å². The maximum atomic E-state index is 11.4. The molecule has 0 fully saturated rings. The molecule has 0 aromatic carbocycles. The fourth-order valence-corrected chi connectivity index (χ4v) is 1.04. The van der Waals surface area contributed by atoms with Crippen LogP contribution in [-0.2, 0) is 5.54 Å². The van der Waals surface area contributed by atoms with Crippen molar-refractivity contribution in [2.24, 2.45) is 5.73 Å². The largest absolute Gasteiger partial charge is 0.348 e. The van der Waals surface area contributed by atoms with E-state index in [9.17, 15) is 4.79 Å². The van der Waals surface area contributed by atoms with E-state index in [2.05, 4.69) is 4.98 Å². The SMILES string of the molecule is Cc1cnc(=O)n(C(C)(C)CN)c1. The summed E-state index contributed by atoms with van der Waals surface area (Å²) in [7, 11) is 0. The van der Waals surface area contributed by atoms with Crippen molar-refractivity contribution >= 4 is 0 Å². The molecule has 1 aromatic rings. The highest BCUT2D eigenvalue weighted by atomic mass is 16.1. The molecule has 0 atom stereocenters. The van der Waals surface area contributed by atoms with Crippen molar-refractivity contribution in [3.8, 4) is 0 Å².